The summed E-state index contributed by atoms with van der Waals surface area (Å²) in [4.78, 5) is 30.5. The third-order valence-corrected chi connectivity index (χ3v) is 6.34. The molecule has 0 saturated carbocycles. The van der Waals surface area contributed by atoms with Gasteiger partial charge in [0.15, 0.2) is 0 Å². The van der Waals surface area contributed by atoms with Gasteiger partial charge in [0.1, 0.15) is 11.9 Å². The van der Waals surface area contributed by atoms with E-state index in [0.29, 0.717) is 11.1 Å². The minimum absolute atomic E-state index is 0.158. The number of nitrogens with zero attached hydrogens (tertiary/aromatic N) is 2. The van der Waals surface area contributed by atoms with Crippen LogP contribution in [-0.4, -0.2) is 29.4 Å². The van der Waals surface area contributed by atoms with Crippen molar-refractivity contribution in [1.82, 2.24) is 14.7 Å². The van der Waals surface area contributed by atoms with Crippen LogP contribution in [0.4, 0.5) is 5.69 Å². The first-order valence-corrected chi connectivity index (χ1v) is 11.7. The second-order valence-corrected chi connectivity index (χ2v) is 9.15. The standard InChI is InChI=1S/C28H32N4O3/c1-17-14-18(2)30-28(34)25(17)16-29-27(33)24-15-22-8-7-13-32(22)26(19(24)3)20(4)35-23-11-9-21(10-12-23)31(5)6/h7-15,20H,16H2,1-6H3,(H,29,33)(H,30,34). The summed E-state index contributed by atoms with van der Waals surface area (Å²) in [5.74, 6) is 0.529. The second kappa shape index (κ2) is 9.70. The number of H-pyrrole nitrogens is 1. The minimum Gasteiger partial charge on any atom is -0.484 e. The number of amides is 1. The molecule has 1 unspecified atom stereocenters. The first kappa shape index (κ1) is 24.1. The molecule has 3 aromatic heterocycles. The molecule has 4 aromatic rings. The molecule has 4 rings (SSSR count). The summed E-state index contributed by atoms with van der Waals surface area (Å²) in [6.07, 6.45) is 1.67. The molecule has 3 heterocycles. The number of rotatable bonds is 7. The molecule has 1 amide bonds. The molecule has 0 aliphatic heterocycles. The number of pyridine rings is 2. The van der Waals surface area contributed by atoms with Crippen LogP contribution in [0.1, 0.15) is 51.5 Å². The van der Waals surface area contributed by atoms with Crippen LogP contribution in [-0.2, 0) is 6.54 Å². The van der Waals surface area contributed by atoms with Crippen LogP contribution in [0.15, 0.2) is 59.5 Å². The maximum Gasteiger partial charge on any atom is 0.253 e. The number of carbonyl (C=O) groups excluding carboxylic acids is 1. The highest BCUT2D eigenvalue weighted by molar-refractivity contribution is 5.97. The van der Waals surface area contributed by atoms with Gasteiger partial charge in [-0.2, -0.15) is 0 Å². The van der Waals surface area contributed by atoms with E-state index in [-0.39, 0.29) is 24.1 Å². The molecule has 0 aliphatic rings. The summed E-state index contributed by atoms with van der Waals surface area (Å²) < 4.78 is 8.34. The highest BCUT2D eigenvalue weighted by atomic mass is 16.5. The van der Waals surface area contributed by atoms with Gasteiger partial charge in [0.25, 0.3) is 11.5 Å². The Labute approximate surface area is 205 Å². The van der Waals surface area contributed by atoms with Crippen LogP contribution in [0.5, 0.6) is 5.75 Å². The van der Waals surface area contributed by atoms with Crippen molar-refractivity contribution in [3.05, 3.63) is 98.7 Å². The van der Waals surface area contributed by atoms with Crippen LogP contribution in [0.2, 0.25) is 0 Å². The second-order valence-electron chi connectivity index (χ2n) is 9.15. The van der Waals surface area contributed by atoms with Gasteiger partial charge in [0, 0.05) is 54.9 Å². The SMILES string of the molecule is Cc1cc(C)c(CNC(=O)c2cc3cccn3c(C(C)Oc3ccc(N(C)C)cc3)c2C)c(=O)[nH]1. The number of hydrogen-bond donors (Lipinski definition) is 2. The van der Waals surface area contributed by atoms with Gasteiger partial charge in [0.05, 0.1) is 5.69 Å². The van der Waals surface area contributed by atoms with Gasteiger partial charge < -0.3 is 24.3 Å². The number of hydrogen-bond acceptors (Lipinski definition) is 4. The molecule has 0 radical (unpaired) electrons. The highest BCUT2D eigenvalue weighted by Gasteiger charge is 2.21. The molecule has 0 aliphatic carbocycles. The predicted octanol–water partition coefficient (Wildman–Crippen LogP) is 4.69. The summed E-state index contributed by atoms with van der Waals surface area (Å²) in [5.41, 5.74) is 6.32. The smallest absolute Gasteiger partial charge is 0.253 e. The molecule has 7 heteroatoms. The van der Waals surface area contributed by atoms with E-state index in [2.05, 4.69) is 14.7 Å². The Morgan fingerprint density at radius 2 is 1.83 bits per heavy atom. The Bertz CT molecular complexity index is 1430. The first-order chi connectivity index (χ1) is 16.7. The summed E-state index contributed by atoms with van der Waals surface area (Å²) >= 11 is 0. The lowest BCUT2D eigenvalue weighted by Gasteiger charge is -2.22. The number of nitrogens with one attached hydrogen (secondary N) is 2. The number of benzene rings is 1. The molecule has 0 saturated heterocycles. The fourth-order valence-electron chi connectivity index (χ4n) is 4.49. The third kappa shape index (κ3) is 4.94. The van der Waals surface area contributed by atoms with Crippen LogP contribution < -0.4 is 20.5 Å². The Balaban J connectivity index is 1.62. The zero-order valence-corrected chi connectivity index (χ0v) is 21.1. The van der Waals surface area contributed by atoms with Gasteiger partial charge in [-0.25, -0.2) is 0 Å². The molecule has 0 spiro atoms. The Morgan fingerprint density at radius 3 is 2.49 bits per heavy atom. The molecule has 1 atom stereocenters. The maximum absolute atomic E-state index is 13.3. The highest BCUT2D eigenvalue weighted by Crippen LogP contribution is 2.29. The van der Waals surface area contributed by atoms with E-state index in [1.807, 2.05) is 101 Å². The maximum atomic E-state index is 13.3. The number of ether oxygens (including phenoxy) is 1. The summed E-state index contributed by atoms with van der Waals surface area (Å²) in [6, 6.07) is 15.6. The van der Waals surface area contributed by atoms with E-state index in [1.54, 1.807) is 0 Å². The van der Waals surface area contributed by atoms with Gasteiger partial charge in [0.2, 0.25) is 0 Å². The molecule has 0 bridgehead atoms. The minimum atomic E-state index is -0.301. The van der Waals surface area contributed by atoms with Gasteiger partial charge in [-0.1, -0.05) is 0 Å². The Kier molecular flexibility index (Phi) is 6.69. The molecule has 2 N–H and O–H groups in total. The topological polar surface area (TPSA) is 78.8 Å². The number of anilines is 1. The van der Waals surface area contributed by atoms with Gasteiger partial charge in [-0.15, -0.1) is 0 Å². The van der Waals surface area contributed by atoms with Crippen LogP contribution >= 0.6 is 0 Å². The molecule has 1 aromatic carbocycles. The van der Waals surface area contributed by atoms with Crippen molar-refractivity contribution in [3.8, 4) is 5.75 Å². The van der Waals surface area contributed by atoms with Crippen LogP contribution in [0.3, 0.4) is 0 Å². The van der Waals surface area contributed by atoms with Crippen LogP contribution in [0, 0.1) is 20.8 Å². The number of aromatic nitrogens is 2. The van der Waals surface area contributed by atoms with E-state index in [0.717, 1.165) is 39.5 Å². The lowest BCUT2D eigenvalue weighted by molar-refractivity contribution is 0.0949. The normalized spacial score (nSPS) is 11.9. The molecular weight excluding hydrogens is 440 g/mol. The van der Waals surface area contributed by atoms with E-state index in [9.17, 15) is 9.59 Å². The number of carbonyl (C=O) groups is 1. The zero-order chi connectivity index (χ0) is 25.3. The molecule has 0 fully saturated rings. The monoisotopic (exact) mass is 472 g/mol. The van der Waals surface area contributed by atoms with Crippen molar-refractivity contribution >= 4 is 17.1 Å². The Morgan fingerprint density at radius 1 is 1.11 bits per heavy atom. The average molecular weight is 473 g/mol. The van der Waals surface area contributed by atoms with Crippen molar-refractivity contribution in [2.45, 2.75) is 40.3 Å². The zero-order valence-electron chi connectivity index (χ0n) is 21.1. The number of aryl methyl sites for hydroxylation is 2. The van der Waals surface area contributed by atoms with Crippen molar-refractivity contribution in [2.24, 2.45) is 0 Å². The van der Waals surface area contributed by atoms with Crippen molar-refractivity contribution in [2.75, 3.05) is 19.0 Å². The average Bonchev–Trinajstić information content (AvgIpc) is 3.26. The summed E-state index contributed by atoms with van der Waals surface area (Å²) in [6.45, 7) is 7.80. The van der Waals surface area contributed by atoms with Gasteiger partial charge in [-0.3, -0.25) is 9.59 Å². The quantitative estimate of drug-likeness (QED) is 0.409. The number of aromatic amines is 1. The third-order valence-electron chi connectivity index (χ3n) is 6.34. The fourth-order valence-corrected chi connectivity index (χ4v) is 4.49. The molecular formula is C28H32N4O3. The molecule has 35 heavy (non-hydrogen) atoms. The van der Waals surface area contributed by atoms with Crippen molar-refractivity contribution < 1.29 is 9.53 Å². The van der Waals surface area contributed by atoms with E-state index >= 15 is 0 Å². The largest absolute Gasteiger partial charge is 0.484 e. The summed E-state index contributed by atoms with van der Waals surface area (Å²) in [7, 11) is 3.99. The van der Waals surface area contributed by atoms with E-state index in [1.165, 1.54) is 0 Å². The summed E-state index contributed by atoms with van der Waals surface area (Å²) in [5, 5.41) is 2.93. The van der Waals surface area contributed by atoms with Gasteiger partial charge >= 0.3 is 0 Å². The predicted molar refractivity (Wildman–Crippen MR) is 140 cm³/mol. The van der Waals surface area contributed by atoms with Gasteiger partial charge in [-0.05, 0) is 87.4 Å². The lowest BCUT2D eigenvalue weighted by Crippen LogP contribution is -2.29. The Hall–Kier alpha value is -4.00. The fraction of sp³-hybridized carbons (Fsp3) is 0.286. The molecule has 182 valence electrons. The van der Waals surface area contributed by atoms with E-state index < -0.39 is 0 Å². The number of fused-ring (bicyclic) bond motifs is 1. The van der Waals surface area contributed by atoms with Crippen molar-refractivity contribution in [1.29, 1.82) is 0 Å². The van der Waals surface area contributed by atoms with E-state index in [4.69, 9.17) is 4.74 Å². The molecule has 7 nitrogen and oxygen atoms in total. The lowest BCUT2D eigenvalue weighted by atomic mass is 10.0. The van der Waals surface area contributed by atoms with Crippen molar-refractivity contribution in [3.63, 3.8) is 0 Å². The first-order valence-electron chi connectivity index (χ1n) is 11.7. The van der Waals surface area contributed by atoms with Crippen LogP contribution in [0.25, 0.3) is 5.52 Å².